The molecule has 1 aromatic heterocycles. The van der Waals surface area contributed by atoms with Crippen LogP contribution in [0.5, 0.6) is 0 Å². The largest absolute Gasteiger partial charge is 0.339 e. The van der Waals surface area contributed by atoms with Crippen molar-refractivity contribution < 1.29 is 4.79 Å². The number of rotatable bonds is 3. The molecule has 1 aromatic rings. The summed E-state index contributed by atoms with van der Waals surface area (Å²) >= 11 is 0. The lowest BCUT2D eigenvalue weighted by Crippen LogP contribution is -2.61. The van der Waals surface area contributed by atoms with Crippen LogP contribution in [0.25, 0.3) is 0 Å². The van der Waals surface area contributed by atoms with Gasteiger partial charge in [0.15, 0.2) is 0 Å². The minimum absolute atomic E-state index is 0. The molecular formula is C17H27ClN4O. The fourth-order valence-electron chi connectivity index (χ4n) is 3.44. The van der Waals surface area contributed by atoms with E-state index in [1.807, 2.05) is 17.3 Å². The van der Waals surface area contributed by atoms with E-state index in [1.165, 1.54) is 12.0 Å². The number of hydrogen-bond acceptors (Lipinski definition) is 4. The second kappa shape index (κ2) is 8.08. The first kappa shape index (κ1) is 18.2. The van der Waals surface area contributed by atoms with Gasteiger partial charge in [0.25, 0.3) is 0 Å². The normalized spacial score (nSPS) is 25.7. The lowest BCUT2D eigenvalue weighted by molar-refractivity contribution is -0.140. The van der Waals surface area contributed by atoms with Gasteiger partial charge in [0.05, 0.1) is 5.54 Å². The molecule has 1 N–H and O–H groups in total. The first-order valence-electron chi connectivity index (χ1n) is 8.33. The number of amides is 1. The van der Waals surface area contributed by atoms with Gasteiger partial charge in [0.1, 0.15) is 0 Å². The Balaban J connectivity index is 0.00000192. The fourth-order valence-corrected chi connectivity index (χ4v) is 3.44. The standard InChI is InChI=1S/C17H26N4O.ClH/c1-17(6-2-3-7-19-17)16(22)21-12-10-20(11-13-21)14-15-4-8-18-9-5-15;/h4-5,8-9,19H,2-3,6-7,10-14H2,1H3;1H. The molecule has 2 aliphatic heterocycles. The molecule has 5 nitrogen and oxygen atoms in total. The summed E-state index contributed by atoms with van der Waals surface area (Å²) in [7, 11) is 0. The Bertz CT molecular complexity index is 497. The van der Waals surface area contributed by atoms with Crippen molar-refractivity contribution in [3.8, 4) is 0 Å². The predicted molar refractivity (Wildman–Crippen MR) is 93.6 cm³/mol. The fraction of sp³-hybridized carbons (Fsp3) is 0.647. The van der Waals surface area contributed by atoms with Crippen molar-refractivity contribution in [3.63, 3.8) is 0 Å². The molecule has 0 aromatic carbocycles. The van der Waals surface area contributed by atoms with E-state index in [0.29, 0.717) is 0 Å². The second-order valence-electron chi connectivity index (χ2n) is 6.64. The molecule has 0 bridgehead atoms. The molecule has 3 heterocycles. The molecule has 2 saturated heterocycles. The molecule has 23 heavy (non-hydrogen) atoms. The Morgan fingerprint density at radius 1 is 1.22 bits per heavy atom. The van der Waals surface area contributed by atoms with E-state index >= 15 is 0 Å². The van der Waals surface area contributed by atoms with Crippen LogP contribution in [0, 0.1) is 0 Å². The molecule has 3 rings (SSSR count). The van der Waals surface area contributed by atoms with E-state index in [9.17, 15) is 4.79 Å². The maximum atomic E-state index is 12.8. The minimum Gasteiger partial charge on any atom is -0.339 e. The Morgan fingerprint density at radius 2 is 1.91 bits per heavy atom. The highest BCUT2D eigenvalue weighted by Crippen LogP contribution is 2.22. The van der Waals surface area contributed by atoms with Gasteiger partial charge >= 0.3 is 0 Å². The van der Waals surface area contributed by atoms with Crippen LogP contribution in [0.4, 0.5) is 0 Å². The number of carbonyl (C=O) groups excluding carboxylic acids is 1. The van der Waals surface area contributed by atoms with Crippen LogP contribution in [0.15, 0.2) is 24.5 Å². The maximum Gasteiger partial charge on any atom is 0.242 e. The number of nitrogens with one attached hydrogen (secondary N) is 1. The van der Waals surface area contributed by atoms with E-state index in [-0.39, 0.29) is 23.9 Å². The first-order valence-corrected chi connectivity index (χ1v) is 8.33. The molecule has 2 aliphatic rings. The Labute approximate surface area is 144 Å². The number of nitrogens with zero attached hydrogens (tertiary/aromatic N) is 3. The van der Waals surface area contributed by atoms with Crippen LogP contribution in [-0.2, 0) is 11.3 Å². The highest BCUT2D eigenvalue weighted by Gasteiger charge is 2.38. The highest BCUT2D eigenvalue weighted by molar-refractivity contribution is 5.86. The molecule has 0 saturated carbocycles. The first-order chi connectivity index (χ1) is 10.7. The van der Waals surface area contributed by atoms with Gasteiger partial charge in [0, 0.05) is 45.1 Å². The molecule has 0 spiro atoms. The van der Waals surface area contributed by atoms with Gasteiger partial charge in [-0.2, -0.15) is 0 Å². The van der Waals surface area contributed by atoms with Crippen molar-refractivity contribution >= 4 is 18.3 Å². The van der Waals surface area contributed by atoms with Gasteiger partial charge in [-0.1, -0.05) is 0 Å². The number of halogens is 1. The van der Waals surface area contributed by atoms with Gasteiger partial charge in [-0.15, -0.1) is 12.4 Å². The van der Waals surface area contributed by atoms with Gasteiger partial charge in [-0.25, -0.2) is 0 Å². The van der Waals surface area contributed by atoms with Crippen molar-refractivity contribution in [2.24, 2.45) is 0 Å². The second-order valence-corrected chi connectivity index (χ2v) is 6.64. The summed E-state index contributed by atoms with van der Waals surface area (Å²) in [6, 6.07) is 4.12. The van der Waals surface area contributed by atoms with Crippen molar-refractivity contribution in [2.45, 2.75) is 38.3 Å². The van der Waals surface area contributed by atoms with Crippen molar-refractivity contribution in [1.82, 2.24) is 20.1 Å². The zero-order valence-corrected chi connectivity index (χ0v) is 14.6. The van der Waals surface area contributed by atoms with Gasteiger partial charge in [-0.05, 0) is 50.4 Å². The third-order valence-electron chi connectivity index (χ3n) is 4.91. The summed E-state index contributed by atoms with van der Waals surface area (Å²) in [5, 5.41) is 3.43. The van der Waals surface area contributed by atoms with E-state index < -0.39 is 0 Å². The molecule has 1 unspecified atom stereocenters. The number of piperazine rings is 1. The third kappa shape index (κ3) is 4.43. The predicted octanol–water partition coefficient (Wildman–Crippen LogP) is 1.68. The molecule has 1 amide bonds. The molecule has 0 aliphatic carbocycles. The Kier molecular flexibility index (Phi) is 6.39. The summed E-state index contributed by atoms with van der Waals surface area (Å²) in [6.45, 7) is 7.54. The minimum atomic E-state index is -0.342. The van der Waals surface area contributed by atoms with Crippen molar-refractivity contribution in [3.05, 3.63) is 30.1 Å². The number of aromatic nitrogens is 1. The van der Waals surface area contributed by atoms with Gasteiger partial charge < -0.3 is 10.2 Å². The van der Waals surface area contributed by atoms with E-state index in [0.717, 1.165) is 52.1 Å². The van der Waals surface area contributed by atoms with Crippen LogP contribution in [0.1, 0.15) is 31.7 Å². The van der Waals surface area contributed by atoms with Crippen LogP contribution < -0.4 is 5.32 Å². The lowest BCUT2D eigenvalue weighted by Gasteiger charge is -2.41. The summed E-state index contributed by atoms with van der Waals surface area (Å²) in [5.41, 5.74) is 0.946. The monoisotopic (exact) mass is 338 g/mol. The van der Waals surface area contributed by atoms with E-state index in [1.54, 1.807) is 0 Å². The Morgan fingerprint density at radius 3 is 2.52 bits per heavy atom. The zero-order valence-electron chi connectivity index (χ0n) is 13.8. The van der Waals surface area contributed by atoms with Gasteiger partial charge in [0.2, 0.25) is 5.91 Å². The topological polar surface area (TPSA) is 48.5 Å². The van der Waals surface area contributed by atoms with Crippen molar-refractivity contribution in [2.75, 3.05) is 32.7 Å². The number of carbonyl (C=O) groups is 1. The summed E-state index contributed by atoms with van der Waals surface area (Å²) < 4.78 is 0. The molecule has 6 heteroatoms. The zero-order chi connectivity index (χ0) is 15.4. The molecule has 1 atom stereocenters. The van der Waals surface area contributed by atoms with Crippen molar-refractivity contribution in [1.29, 1.82) is 0 Å². The third-order valence-corrected chi connectivity index (χ3v) is 4.91. The van der Waals surface area contributed by atoms with E-state index in [2.05, 4.69) is 34.3 Å². The number of hydrogen-bond donors (Lipinski definition) is 1. The molecule has 2 fully saturated rings. The smallest absolute Gasteiger partial charge is 0.242 e. The van der Waals surface area contributed by atoms with Crippen LogP contribution >= 0.6 is 12.4 Å². The van der Waals surface area contributed by atoms with Gasteiger partial charge in [-0.3, -0.25) is 14.7 Å². The summed E-state index contributed by atoms with van der Waals surface area (Å²) in [5.74, 6) is 0.288. The summed E-state index contributed by atoms with van der Waals surface area (Å²) in [6.07, 6.45) is 6.97. The molecule has 0 radical (unpaired) electrons. The molecule has 128 valence electrons. The summed E-state index contributed by atoms with van der Waals surface area (Å²) in [4.78, 5) is 21.3. The van der Waals surface area contributed by atoms with Crippen LogP contribution in [0.2, 0.25) is 0 Å². The highest BCUT2D eigenvalue weighted by atomic mass is 35.5. The quantitative estimate of drug-likeness (QED) is 0.911. The number of piperidine rings is 1. The average molecular weight is 339 g/mol. The van der Waals surface area contributed by atoms with E-state index in [4.69, 9.17) is 0 Å². The lowest BCUT2D eigenvalue weighted by atomic mass is 9.89. The number of pyridine rings is 1. The van der Waals surface area contributed by atoms with Crippen LogP contribution in [-0.4, -0.2) is 59.0 Å². The average Bonchev–Trinajstić information content (AvgIpc) is 2.56. The Hall–Kier alpha value is -1.17. The molecular weight excluding hydrogens is 312 g/mol. The SMILES string of the molecule is CC1(C(=O)N2CCN(Cc3ccncc3)CC2)CCCCN1.Cl. The van der Waals surface area contributed by atoms with Crippen LogP contribution in [0.3, 0.4) is 0 Å². The maximum absolute atomic E-state index is 12.8.